The number of ether oxygens (including phenoxy) is 1. The Kier molecular flexibility index (Phi) is 4.52. The molecule has 86 valence electrons. The fourth-order valence-corrected chi connectivity index (χ4v) is 1.59. The zero-order valence-corrected chi connectivity index (χ0v) is 9.90. The molecule has 0 saturated heterocycles. The van der Waals surface area contributed by atoms with Gasteiger partial charge in [0.05, 0.1) is 0 Å². The van der Waals surface area contributed by atoms with Crippen LogP contribution >= 0.6 is 7.81 Å². The normalized spacial score (nSPS) is 9.50. The fourth-order valence-electron chi connectivity index (χ4n) is 1.09. The predicted molar refractivity (Wildman–Crippen MR) is 61.3 cm³/mol. The van der Waals surface area contributed by atoms with Gasteiger partial charge in [0.2, 0.25) is 0 Å². The fraction of sp³-hybridized carbons (Fsp3) is 0.125. The van der Waals surface area contributed by atoms with Gasteiger partial charge >= 0.3 is 95.9 Å². The van der Waals surface area contributed by atoms with E-state index in [9.17, 15) is 14.9 Å². The second-order valence-corrected chi connectivity index (χ2v) is 3.45. The van der Waals surface area contributed by atoms with Crippen molar-refractivity contribution in [2.24, 2.45) is 0 Å². The number of hydrogen-bond acceptors (Lipinski definition) is 6. The summed E-state index contributed by atoms with van der Waals surface area (Å²) in [5.41, 5.74) is -0.396. The molecule has 0 spiro atoms. The topological polar surface area (TPSA) is 78.7 Å². The number of carbonyl (C=O) groups is 1. The van der Waals surface area contributed by atoms with Crippen molar-refractivity contribution < 1.29 is 18.6 Å². The van der Waals surface area contributed by atoms with E-state index in [1.54, 1.807) is 0 Å². The minimum absolute atomic E-state index is 0.0648. The summed E-state index contributed by atoms with van der Waals surface area (Å²) in [6.07, 6.45) is 0.392. The summed E-state index contributed by atoms with van der Waals surface area (Å²) in [4.78, 5) is 20.7. The number of hydrogen-bond donors (Lipinski definition) is 0. The van der Waals surface area contributed by atoms with Gasteiger partial charge in [-0.2, -0.15) is 0 Å². The molecule has 16 heavy (non-hydrogen) atoms. The van der Waals surface area contributed by atoms with Gasteiger partial charge in [0.25, 0.3) is 0 Å². The average Bonchev–Trinajstić information content (AvgIpc) is 2.28. The maximum atomic E-state index is 10.7. The number of thiol groups is 1. The van der Waals surface area contributed by atoms with Gasteiger partial charge in [-0.1, -0.05) is 0 Å². The van der Waals surface area contributed by atoms with Crippen LogP contribution in [-0.4, -0.2) is 18.3 Å². The molecule has 0 atom stereocenters. The van der Waals surface area contributed by atoms with Crippen molar-refractivity contribution in [2.45, 2.75) is 0 Å². The van der Waals surface area contributed by atoms with Crippen LogP contribution in [-0.2, 0) is 11.0 Å². The monoisotopic (exact) mass is 260 g/mol. The zero-order valence-electron chi connectivity index (χ0n) is 8.11. The van der Waals surface area contributed by atoms with E-state index in [1.807, 2.05) is 0 Å². The summed E-state index contributed by atoms with van der Waals surface area (Å²) >= 11 is 0.274. The molecule has 0 aliphatic carbocycles. The number of nitro groups is 1. The third-order valence-corrected chi connectivity index (χ3v) is 2.30. The van der Waals surface area contributed by atoms with Crippen LogP contribution in [0.2, 0.25) is 0 Å². The van der Waals surface area contributed by atoms with Crippen LogP contribution < -0.4 is 8.92 Å². The Bertz CT molecular complexity index is 484. The van der Waals surface area contributed by atoms with Crippen molar-refractivity contribution in [2.75, 3.05) is 7.11 Å². The van der Waals surface area contributed by atoms with E-state index in [2.05, 4.69) is 7.81 Å². The van der Waals surface area contributed by atoms with Crippen molar-refractivity contribution in [1.82, 2.24) is 0 Å². The third-order valence-electron chi connectivity index (χ3n) is 1.78. The Balaban J connectivity index is 3.41. The first-order valence-electron chi connectivity index (χ1n) is 3.97. The van der Waals surface area contributed by atoms with E-state index in [-0.39, 0.29) is 33.8 Å². The number of methoxy groups -OCH3 is 1. The number of nitrogens with zero attached hydrogens (tertiary/aromatic N) is 1. The second-order valence-electron chi connectivity index (χ2n) is 2.61. The molecule has 0 bridgehead atoms. The molecule has 1 aromatic carbocycles. The van der Waals surface area contributed by atoms with Crippen LogP contribution in [0.5, 0.6) is 11.5 Å². The van der Waals surface area contributed by atoms with Crippen molar-refractivity contribution in [3.05, 3.63) is 27.8 Å². The van der Waals surface area contributed by atoms with E-state index in [0.29, 0.717) is 6.29 Å². The van der Waals surface area contributed by atoms with Crippen molar-refractivity contribution in [1.29, 1.82) is 0 Å². The molecule has 0 aromatic heterocycles. The SMILES string of the molecule is COc1cc(C=O)c([N+](=O)[O-])cc1O[SH-]#P. The molecule has 0 unspecified atom stereocenters. The van der Waals surface area contributed by atoms with Crippen LogP contribution in [0.3, 0.4) is 0 Å². The van der Waals surface area contributed by atoms with E-state index in [4.69, 9.17) is 8.92 Å². The molecule has 0 radical (unpaired) electrons. The van der Waals surface area contributed by atoms with Crippen LogP contribution in [0.4, 0.5) is 5.69 Å². The Morgan fingerprint density at radius 3 is 2.62 bits per heavy atom. The van der Waals surface area contributed by atoms with Crippen molar-refractivity contribution >= 4 is 30.8 Å². The van der Waals surface area contributed by atoms with E-state index in [1.165, 1.54) is 13.2 Å². The van der Waals surface area contributed by atoms with Crippen LogP contribution in [0.25, 0.3) is 0 Å². The first-order valence-corrected chi connectivity index (χ1v) is 5.93. The minimum atomic E-state index is -0.661. The van der Waals surface area contributed by atoms with Crippen LogP contribution in [0.1, 0.15) is 10.4 Å². The van der Waals surface area contributed by atoms with E-state index >= 15 is 0 Å². The van der Waals surface area contributed by atoms with E-state index < -0.39 is 4.92 Å². The molecule has 0 aliphatic rings. The van der Waals surface area contributed by atoms with Gasteiger partial charge in [0.15, 0.2) is 0 Å². The van der Waals surface area contributed by atoms with Crippen LogP contribution in [0.15, 0.2) is 12.1 Å². The van der Waals surface area contributed by atoms with Crippen molar-refractivity contribution in [3.8, 4) is 11.5 Å². The maximum absolute atomic E-state index is 10.7. The molecule has 1 aromatic rings. The summed E-state index contributed by atoms with van der Waals surface area (Å²) in [5.74, 6) is 0.408. The van der Waals surface area contributed by atoms with Gasteiger partial charge in [0, 0.05) is 0 Å². The molecule has 8 heteroatoms. The molecule has 1 rings (SSSR count). The Labute approximate surface area is 96.3 Å². The zero-order chi connectivity index (χ0) is 12.1. The summed E-state index contributed by atoms with van der Waals surface area (Å²) in [5, 5.41) is 10.7. The standard InChI is InChI=1S/C8H7NO5PS/c1-13-7-2-5(4-10)6(9(11)12)3-8(7)14-16-15/h2-4,16H,1H3/q-1. The molecule has 0 fully saturated rings. The summed E-state index contributed by atoms with van der Waals surface area (Å²) in [6.45, 7) is 0. The number of aldehydes is 1. The molecular weight excluding hydrogens is 253 g/mol. The second kappa shape index (κ2) is 5.67. The first-order chi connectivity index (χ1) is 7.63. The molecule has 0 aliphatic heterocycles. The van der Waals surface area contributed by atoms with Gasteiger partial charge in [-0.15, -0.1) is 0 Å². The van der Waals surface area contributed by atoms with Crippen molar-refractivity contribution in [3.63, 3.8) is 0 Å². The van der Waals surface area contributed by atoms with Gasteiger partial charge < -0.3 is 0 Å². The first kappa shape index (κ1) is 12.7. The van der Waals surface area contributed by atoms with E-state index in [0.717, 1.165) is 6.07 Å². The number of rotatable bonds is 4. The van der Waals surface area contributed by atoms with Gasteiger partial charge in [-0.05, 0) is 0 Å². The molecule has 0 heterocycles. The molecule has 0 N–H and O–H groups in total. The average molecular weight is 260 g/mol. The molecule has 0 saturated carbocycles. The Morgan fingerprint density at radius 2 is 2.19 bits per heavy atom. The molecule has 0 amide bonds. The Hall–Kier alpha value is -1.33. The third kappa shape index (κ3) is 2.62. The quantitative estimate of drug-likeness (QED) is 0.206. The molecule has 6 nitrogen and oxygen atoms in total. The molecular formula is C8H7NO5PS-. The number of nitro benzene ring substituents is 1. The van der Waals surface area contributed by atoms with Gasteiger partial charge in [0.1, 0.15) is 0 Å². The predicted octanol–water partition coefficient (Wildman–Crippen LogP) is 1.85. The number of benzene rings is 1. The van der Waals surface area contributed by atoms with Gasteiger partial charge in [-0.3, -0.25) is 0 Å². The van der Waals surface area contributed by atoms with Crippen LogP contribution in [0, 0.1) is 10.1 Å². The number of carbonyl (C=O) groups excluding carboxylic acids is 1. The Morgan fingerprint density at radius 1 is 1.50 bits per heavy atom. The summed E-state index contributed by atoms with van der Waals surface area (Å²) < 4.78 is 9.94. The summed E-state index contributed by atoms with van der Waals surface area (Å²) in [7, 11) is 5.18. The van der Waals surface area contributed by atoms with Gasteiger partial charge in [-0.25, -0.2) is 0 Å². The summed E-state index contributed by atoms with van der Waals surface area (Å²) in [6, 6.07) is 2.38.